The average molecular weight is 376 g/mol. The fraction of sp³-hybridized carbons (Fsp3) is 0.211. The van der Waals surface area contributed by atoms with Gasteiger partial charge in [0.15, 0.2) is 13.2 Å². The predicted molar refractivity (Wildman–Crippen MR) is 96.3 cm³/mol. The van der Waals surface area contributed by atoms with Crippen LogP contribution in [0.5, 0.6) is 5.75 Å². The van der Waals surface area contributed by atoms with Gasteiger partial charge in [0, 0.05) is 10.6 Å². The maximum atomic E-state index is 11.9. The zero-order valence-corrected chi connectivity index (χ0v) is 14.9. The molecule has 0 spiro atoms. The van der Waals surface area contributed by atoms with Crippen LogP contribution in [0, 0.1) is 0 Å². The van der Waals surface area contributed by atoms with Crippen molar-refractivity contribution in [2.24, 2.45) is 0 Å². The highest BCUT2D eigenvalue weighted by atomic mass is 35.5. The van der Waals surface area contributed by atoms with Crippen LogP contribution in [0.25, 0.3) is 0 Å². The van der Waals surface area contributed by atoms with Gasteiger partial charge >= 0.3 is 5.97 Å². The number of rotatable bonds is 8. The van der Waals surface area contributed by atoms with Gasteiger partial charge in [0.2, 0.25) is 0 Å². The van der Waals surface area contributed by atoms with Crippen LogP contribution in [0.2, 0.25) is 5.02 Å². The SMILES string of the molecule is C[C@H](NC(=O)COC(=O)COc1ccc(C=O)cc1)c1cccc(Cl)c1. The van der Waals surface area contributed by atoms with Gasteiger partial charge in [-0.1, -0.05) is 23.7 Å². The summed E-state index contributed by atoms with van der Waals surface area (Å²) in [4.78, 5) is 34.1. The second-order valence-electron chi connectivity index (χ2n) is 5.48. The molecule has 0 aliphatic heterocycles. The van der Waals surface area contributed by atoms with Gasteiger partial charge in [-0.25, -0.2) is 4.79 Å². The Morgan fingerprint density at radius 2 is 1.88 bits per heavy atom. The van der Waals surface area contributed by atoms with Crippen molar-refractivity contribution in [1.29, 1.82) is 0 Å². The third-order valence-electron chi connectivity index (χ3n) is 3.46. The van der Waals surface area contributed by atoms with Crippen molar-refractivity contribution in [3.63, 3.8) is 0 Å². The third-order valence-corrected chi connectivity index (χ3v) is 3.70. The molecule has 0 heterocycles. The lowest BCUT2D eigenvalue weighted by atomic mass is 10.1. The largest absolute Gasteiger partial charge is 0.482 e. The maximum Gasteiger partial charge on any atom is 0.344 e. The summed E-state index contributed by atoms with van der Waals surface area (Å²) in [6.07, 6.45) is 0.709. The van der Waals surface area contributed by atoms with Crippen molar-refractivity contribution in [2.45, 2.75) is 13.0 Å². The van der Waals surface area contributed by atoms with Crippen LogP contribution >= 0.6 is 11.6 Å². The van der Waals surface area contributed by atoms with Crippen LogP contribution in [0.15, 0.2) is 48.5 Å². The Bertz CT molecular complexity index is 776. The highest BCUT2D eigenvalue weighted by molar-refractivity contribution is 6.30. The minimum atomic E-state index is -0.671. The number of amides is 1. The lowest BCUT2D eigenvalue weighted by molar-refractivity contribution is -0.150. The van der Waals surface area contributed by atoms with Gasteiger partial charge < -0.3 is 14.8 Å². The third kappa shape index (κ3) is 6.22. The van der Waals surface area contributed by atoms with E-state index < -0.39 is 18.5 Å². The predicted octanol–water partition coefficient (Wildman–Crippen LogP) is 2.95. The van der Waals surface area contributed by atoms with Crippen LogP contribution in [-0.4, -0.2) is 31.4 Å². The van der Waals surface area contributed by atoms with Gasteiger partial charge in [-0.05, 0) is 48.9 Å². The summed E-state index contributed by atoms with van der Waals surface area (Å²) in [6.45, 7) is 1.06. The van der Waals surface area contributed by atoms with Crippen LogP contribution in [-0.2, 0) is 14.3 Å². The minimum absolute atomic E-state index is 0.271. The molecule has 0 radical (unpaired) electrons. The van der Waals surface area contributed by atoms with Gasteiger partial charge in [0.1, 0.15) is 12.0 Å². The monoisotopic (exact) mass is 375 g/mol. The molecule has 0 bridgehead atoms. The molecule has 2 aromatic carbocycles. The molecule has 6 nitrogen and oxygen atoms in total. The van der Waals surface area contributed by atoms with E-state index in [-0.39, 0.29) is 12.6 Å². The van der Waals surface area contributed by atoms with Gasteiger partial charge in [-0.2, -0.15) is 0 Å². The summed E-state index contributed by atoms with van der Waals surface area (Å²) in [5.41, 5.74) is 1.35. The van der Waals surface area contributed by atoms with E-state index in [1.54, 1.807) is 49.4 Å². The molecular formula is C19H18ClNO5. The summed E-state index contributed by atoms with van der Waals surface area (Å²) in [7, 11) is 0. The van der Waals surface area contributed by atoms with Crippen molar-refractivity contribution in [3.8, 4) is 5.75 Å². The Balaban J connectivity index is 1.72. The molecule has 0 unspecified atom stereocenters. The molecular weight excluding hydrogens is 358 g/mol. The molecule has 0 aliphatic carbocycles. The van der Waals surface area contributed by atoms with E-state index in [4.69, 9.17) is 21.1 Å². The van der Waals surface area contributed by atoms with Crippen molar-refractivity contribution < 1.29 is 23.9 Å². The summed E-state index contributed by atoms with van der Waals surface area (Å²) >= 11 is 5.92. The van der Waals surface area contributed by atoms with E-state index in [1.807, 2.05) is 6.07 Å². The Morgan fingerprint density at radius 1 is 1.15 bits per heavy atom. The van der Waals surface area contributed by atoms with Crippen molar-refractivity contribution >= 4 is 29.8 Å². The Hall–Kier alpha value is -2.86. The molecule has 0 aliphatic rings. The zero-order valence-electron chi connectivity index (χ0n) is 14.1. The van der Waals surface area contributed by atoms with E-state index >= 15 is 0 Å². The number of benzene rings is 2. The molecule has 1 atom stereocenters. The van der Waals surface area contributed by atoms with E-state index in [1.165, 1.54) is 0 Å². The number of hydrogen-bond acceptors (Lipinski definition) is 5. The first-order valence-electron chi connectivity index (χ1n) is 7.86. The number of aldehydes is 1. The number of ether oxygens (including phenoxy) is 2. The fourth-order valence-corrected chi connectivity index (χ4v) is 2.31. The smallest absolute Gasteiger partial charge is 0.344 e. The number of esters is 1. The second-order valence-corrected chi connectivity index (χ2v) is 5.92. The van der Waals surface area contributed by atoms with Crippen molar-refractivity contribution in [3.05, 3.63) is 64.7 Å². The molecule has 0 saturated heterocycles. The average Bonchev–Trinajstić information content (AvgIpc) is 2.65. The highest BCUT2D eigenvalue weighted by Gasteiger charge is 2.12. The van der Waals surface area contributed by atoms with E-state index in [0.29, 0.717) is 22.6 Å². The topological polar surface area (TPSA) is 81.7 Å². The van der Waals surface area contributed by atoms with Crippen LogP contribution in [0.4, 0.5) is 0 Å². The first-order valence-corrected chi connectivity index (χ1v) is 8.24. The van der Waals surface area contributed by atoms with Crippen LogP contribution in [0.3, 0.4) is 0 Å². The zero-order chi connectivity index (χ0) is 18.9. The molecule has 1 N–H and O–H groups in total. The Morgan fingerprint density at radius 3 is 2.54 bits per heavy atom. The molecule has 0 saturated carbocycles. The number of hydrogen-bond donors (Lipinski definition) is 1. The molecule has 1 amide bonds. The molecule has 26 heavy (non-hydrogen) atoms. The van der Waals surface area contributed by atoms with Gasteiger partial charge in [-0.3, -0.25) is 9.59 Å². The van der Waals surface area contributed by atoms with Gasteiger partial charge in [0.05, 0.1) is 6.04 Å². The van der Waals surface area contributed by atoms with Gasteiger partial charge in [0.25, 0.3) is 5.91 Å². The Labute approximate surface area is 156 Å². The highest BCUT2D eigenvalue weighted by Crippen LogP contribution is 2.17. The van der Waals surface area contributed by atoms with Crippen LogP contribution in [0.1, 0.15) is 28.9 Å². The number of nitrogens with one attached hydrogen (secondary N) is 1. The summed E-state index contributed by atoms with van der Waals surface area (Å²) in [5, 5.41) is 3.29. The molecule has 136 valence electrons. The quantitative estimate of drug-likeness (QED) is 0.566. The molecule has 2 rings (SSSR count). The Kier molecular flexibility index (Phi) is 7.17. The molecule has 0 fully saturated rings. The second kappa shape index (κ2) is 9.58. The minimum Gasteiger partial charge on any atom is -0.482 e. The lowest BCUT2D eigenvalue weighted by Gasteiger charge is -2.14. The standard InChI is InChI=1S/C19H18ClNO5/c1-13(15-3-2-4-16(20)9-15)21-18(23)11-26-19(24)12-25-17-7-5-14(10-22)6-8-17/h2-10,13H,11-12H2,1H3,(H,21,23)/t13-/m0/s1. The van der Waals surface area contributed by atoms with Crippen molar-refractivity contribution in [1.82, 2.24) is 5.32 Å². The number of carbonyl (C=O) groups excluding carboxylic acids is 3. The normalized spacial score (nSPS) is 11.3. The van der Waals surface area contributed by atoms with Gasteiger partial charge in [-0.15, -0.1) is 0 Å². The summed E-state index contributed by atoms with van der Waals surface area (Å²) in [6, 6.07) is 13.1. The first kappa shape index (κ1) is 19.5. The van der Waals surface area contributed by atoms with Crippen molar-refractivity contribution in [2.75, 3.05) is 13.2 Å². The maximum absolute atomic E-state index is 11.9. The lowest BCUT2D eigenvalue weighted by Crippen LogP contribution is -2.31. The van der Waals surface area contributed by atoms with E-state index in [2.05, 4.69) is 5.32 Å². The van der Waals surface area contributed by atoms with E-state index in [9.17, 15) is 14.4 Å². The molecule has 2 aromatic rings. The number of halogens is 1. The molecule has 7 heteroatoms. The van der Waals surface area contributed by atoms with E-state index in [0.717, 1.165) is 5.56 Å². The molecule has 0 aromatic heterocycles. The number of carbonyl (C=O) groups is 3. The summed E-state index contributed by atoms with van der Waals surface area (Å²) in [5.74, 6) is -0.678. The first-order chi connectivity index (χ1) is 12.5. The summed E-state index contributed by atoms with van der Waals surface area (Å²) < 4.78 is 10.1. The van der Waals surface area contributed by atoms with Crippen LogP contribution < -0.4 is 10.1 Å². The fourth-order valence-electron chi connectivity index (χ4n) is 2.11.